The Bertz CT molecular complexity index is 160. The Hall–Kier alpha value is -0.280. The molecule has 0 spiro atoms. The maximum Gasteiger partial charge on any atom is 0.184 e. The van der Waals surface area contributed by atoms with E-state index >= 15 is 0 Å². The minimum absolute atomic E-state index is 0.250. The van der Waals surface area contributed by atoms with Crippen molar-refractivity contribution in [1.29, 1.82) is 0 Å². The number of ether oxygens (including phenoxy) is 1. The molecule has 7 nitrogen and oxygen atoms in total. The Morgan fingerprint density at radius 3 is 1.80 bits per heavy atom. The summed E-state index contributed by atoms with van der Waals surface area (Å²) in [6.45, 7) is 1.40. The van der Waals surface area contributed by atoms with Gasteiger partial charge in [0.1, 0.15) is 24.4 Å². The minimum Gasteiger partial charge on any atom is -0.397 e. The van der Waals surface area contributed by atoms with E-state index in [9.17, 15) is 0 Å². The van der Waals surface area contributed by atoms with E-state index in [4.69, 9.17) is 30.6 Å². The van der Waals surface area contributed by atoms with Gasteiger partial charge in [0, 0.05) is 6.61 Å². The Morgan fingerprint density at radius 2 is 1.40 bits per heavy atom. The van der Waals surface area contributed by atoms with Gasteiger partial charge in [-0.15, -0.1) is 0 Å². The van der Waals surface area contributed by atoms with E-state index in [-0.39, 0.29) is 6.61 Å². The molecule has 0 bridgehead atoms. The van der Waals surface area contributed by atoms with E-state index in [1.54, 1.807) is 6.92 Å². The van der Waals surface area contributed by atoms with E-state index < -0.39 is 37.3 Å². The van der Waals surface area contributed by atoms with Crippen LogP contribution in [0.2, 0.25) is 0 Å². The van der Waals surface area contributed by atoms with Crippen molar-refractivity contribution < 1.29 is 35.4 Å². The lowest BCUT2D eigenvalue weighted by molar-refractivity contribution is -0.286. The summed E-state index contributed by atoms with van der Waals surface area (Å²) in [6, 6.07) is 0. The molecule has 0 aromatic heterocycles. The molecule has 5 atom stereocenters. The van der Waals surface area contributed by atoms with Crippen LogP contribution in [-0.4, -0.2) is 74.6 Å². The molecule has 1 unspecified atom stereocenters. The second-order valence-corrected chi connectivity index (χ2v) is 3.04. The second-order valence-electron chi connectivity index (χ2n) is 3.04. The molecule has 92 valence electrons. The molecular formula is C8H18O7. The van der Waals surface area contributed by atoms with Crippen molar-refractivity contribution in [2.45, 2.75) is 37.6 Å². The maximum absolute atomic E-state index is 9.12. The Kier molecular flexibility index (Phi) is 6.94. The van der Waals surface area contributed by atoms with Crippen LogP contribution in [0, 0.1) is 0 Å². The highest BCUT2D eigenvalue weighted by Gasteiger charge is 2.42. The van der Waals surface area contributed by atoms with Crippen LogP contribution in [0.25, 0.3) is 0 Å². The molecule has 0 aliphatic carbocycles. The molecule has 6 N–H and O–H groups in total. The third kappa shape index (κ3) is 3.99. The molecular weight excluding hydrogens is 208 g/mol. The summed E-state index contributed by atoms with van der Waals surface area (Å²) in [4.78, 5) is 0. The average Bonchev–Trinajstić information content (AvgIpc) is 2.21. The van der Waals surface area contributed by atoms with Gasteiger partial charge >= 0.3 is 0 Å². The molecule has 1 aliphatic rings. The van der Waals surface area contributed by atoms with Crippen LogP contribution >= 0.6 is 0 Å². The van der Waals surface area contributed by atoms with Crippen LogP contribution < -0.4 is 0 Å². The zero-order valence-electron chi connectivity index (χ0n) is 8.39. The highest BCUT2D eigenvalue weighted by Crippen LogP contribution is 2.18. The van der Waals surface area contributed by atoms with E-state index in [0.29, 0.717) is 0 Å². The zero-order valence-corrected chi connectivity index (χ0v) is 8.39. The van der Waals surface area contributed by atoms with Gasteiger partial charge in [-0.05, 0) is 6.92 Å². The zero-order chi connectivity index (χ0) is 12.0. The number of hydrogen-bond acceptors (Lipinski definition) is 7. The van der Waals surface area contributed by atoms with Crippen LogP contribution in [-0.2, 0) is 4.74 Å². The summed E-state index contributed by atoms with van der Waals surface area (Å²) in [6.07, 6.45) is -7.04. The van der Waals surface area contributed by atoms with Gasteiger partial charge in [0.2, 0.25) is 0 Å². The smallest absolute Gasteiger partial charge is 0.184 e. The minimum atomic E-state index is -1.57. The molecule has 0 aromatic rings. The Labute approximate surface area is 87.2 Å². The predicted octanol–water partition coefficient (Wildman–Crippen LogP) is -3.22. The SMILES string of the molecule is CCO.OC[C@H]1OC(O)[C@H](O)[C@@H](O)[C@@H]1O. The van der Waals surface area contributed by atoms with Crippen LogP contribution in [0.4, 0.5) is 0 Å². The number of hydrogen-bond donors (Lipinski definition) is 6. The number of rotatable bonds is 1. The highest BCUT2D eigenvalue weighted by molar-refractivity contribution is 4.87. The average molecular weight is 226 g/mol. The van der Waals surface area contributed by atoms with Gasteiger partial charge in [0.15, 0.2) is 6.29 Å². The normalized spacial score (nSPS) is 40.6. The van der Waals surface area contributed by atoms with Gasteiger partial charge in [0.25, 0.3) is 0 Å². The van der Waals surface area contributed by atoms with Crippen molar-refractivity contribution in [3.8, 4) is 0 Å². The second kappa shape index (κ2) is 7.07. The fourth-order valence-electron chi connectivity index (χ4n) is 1.08. The molecule has 0 radical (unpaired) electrons. The van der Waals surface area contributed by atoms with Crippen molar-refractivity contribution in [1.82, 2.24) is 0 Å². The largest absolute Gasteiger partial charge is 0.397 e. The number of aliphatic hydroxyl groups excluding tert-OH is 6. The lowest BCUT2D eigenvalue weighted by Gasteiger charge is -2.37. The van der Waals surface area contributed by atoms with Crippen molar-refractivity contribution in [2.75, 3.05) is 13.2 Å². The van der Waals surface area contributed by atoms with E-state index in [1.807, 2.05) is 0 Å². The molecule has 0 amide bonds. The van der Waals surface area contributed by atoms with Crippen LogP contribution in [0.15, 0.2) is 0 Å². The van der Waals surface area contributed by atoms with Crippen molar-refractivity contribution >= 4 is 0 Å². The van der Waals surface area contributed by atoms with Gasteiger partial charge in [-0.3, -0.25) is 0 Å². The first-order chi connectivity index (χ1) is 6.99. The van der Waals surface area contributed by atoms with Gasteiger partial charge in [-0.2, -0.15) is 0 Å². The highest BCUT2D eigenvalue weighted by atomic mass is 16.6. The fourth-order valence-corrected chi connectivity index (χ4v) is 1.08. The van der Waals surface area contributed by atoms with Gasteiger partial charge in [-0.25, -0.2) is 0 Å². The molecule has 0 aromatic carbocycles. The topological polar surface area (TPSA) is 131 Å². The predicted molar refractivity (Wildman–Crippen MR) is 48.7 cm³/mol. The molecule has 1 saturated heterocycles. The van der Waals surface area contributed by atoms with Crippen LogP contribution in [0.5, 0.6) is 0 Å². The fraction of sp³-hybridized carbons (Fsp3) is 1.00. The summed E-state index contributed by atoms with van der Waals surface area (Å²) in [7, 11) is 0. The molecule has 7 heteroatoms. The quantitative estimate of drug-likeness (QED) is 0.277. The molecule has 1 aliphatic heterocycles. The lowest BCUT2D eigenvalue weighted by Crippen LogP contribution is -2.58. The molecule has 1 fully saturated rings. The summed E-state index contributed by atoms with van der Waals surface area (Å²) in [5.74, 6) is 0. The summed E-state index contributed by atoms with van der Waals surface area (Å²) in [5, 5.41) is 52.2. The molecule has 15 heavy (non-hydrogen) atoms. The van der Waals surface area contributed by atoms with Crippen molar-refractivity contribution in [2.24, 2.45) is 0 Å². The molecule has 0 saturated carbocycles. The first-order valence-corrected chi connectivity index (χ1v) is 4.59. The van der Waals surface area contributed by atoms with E-state index in [0.717, 1.165) is 0 Å². The first-order valence-electron chi connectivity index (χ1n) is 4.59. The Morgan fingerprint density at radius 1 is 0.933 bits per heavy atom. The van der Waals surface area contributed by atoms with Gasteiger partial charge in [-0.1, -0.05) is 0 Å². The number of aliphatic hydroxyl groups is 6. The van der Waals surface area contributed by atoms with Gasteiger partial charge in [0.05, 0.1) is 6.61 Å². The van der Waals surface area contributed by atoms with E-state index in [2.05, 4.69) is 4.74 Å². The maximum atomic E-state index is 9.12. The summed E-state index contributed by atoms with van der Waals surface area (Å²) in [5.41, 5.74) is 0. The first kappa shape index (κ1) is 14.7. The Balaban J connectivity index is 0.000000583. The van der Waals surface area contributed by atoms with Crippen LogP contribution in [0.3, 0.4) is 0 Å². The van der Waals surface area contributed by atoms with Crippen molar-refractivity contribution in [3.63, 3.8) is 0 Å². The monoisotopic (exact) mass is 226 g/mol. The van der Waals surface area contributed by atoms with Crippen LogP contribution in [0.1, 0.15) is 6.92 Å². The van der Waals surface area contributed by atoms with Crippen molar-refractivity contribution in [3.05, 3.63) is 0 Å². The summed E-state index contributed by atoms with van der Waals surface area (Å²) >= 11 is 0. The summed E-state index contributed by atoms with van der Waals surface area (Å²) < 4.78 is 4.58. The third-order valence-corrected chi connectivity index (χ3v) is 1.87. The third-order valence-electron chi connectivity index (χ3n) is 1.87. The molecule has 1 rings (SSSR count). The lowest BCUT2D eigenvalue weighted by atomic mass is 10.00. The van der Waals surface area contributed by atoms with E-state index in [1.165, 1.54) is 0 Å². The molecule has 1 heterocycles. The standard InChI is InChI=1S/C6H12O6.C2H6O/c7-1-2-3(8)4(9)5(10)6(11)12-2;1-2-3/h2-11H,1H2;3H,2H2,1H3/t2-,3-,4+,5-,6?;/m1./s1. The van der Waals surface area contributed by atoms with Gasteiger partial charge < -0.3 is 35.4 Å².